The van der Waals surface area contributed by atoms with Crippen molar-refractivity contribution in [2.24, 2.45) is 0 Å². The maximum absolute atomic E-state index is 9.91. The van der Waals surface area contributed by atoms with Crippen LogP contribution in [0, 0.1) is 0 Å². The van der Waals surface area contributed by atoms with Crippen LogP contribution < -0.4 is 5.32 Å². The topological polar surface area (TPSA) is 36.8 Å². The first-order valence-electron chi connectivity index (χ1n) is 10.3. The predicted molar refractivity (Wildman–Crippen MR) is 98.3 cm³/mol. The number of hydrogen-bond donors (Lipinski definition) is 2. The highest BCUT2D eigenvalue weighted by atomic mass is 16.3. The van der Waals surface area contributed by atoms with E-state index in [4.69, 9.17) is 0 Å². The lowest BCUT2D eigenvalue weighted by Crippen LogP contribution is -2.83. The highest BCUT2D eigenvalue weighted by molar-refractivity contribution is 4.57. The molecule has 0 radical (unpaired) electrons. The molecule has 0 aromatic rings. The predicted octanol–water partition coefficient (Wildman–Crippen LogP) is 4.80. The van der Waals surface area contributed by atoms with Crippen molar-refractivity contribution in [1.29, 1.82) is 0 Å². The Bertz CT molecular complexity index is 196. The SMILES string of the molecule is CCCCCC[C@@H](O)CCCCCCCCCCC[NH2+]CC. The Morgan fingerprint density at radius 3 is 1.59 bits per heavy atom. The Hall–Kier alpha value is -0.0800. The number of aliphatic hydroxyl groups excluding tert-OH is 1. The molecule has 0 aliphatic rings. The van der Waals surface area contributed by atoms with E-state index in [9.17, 15) is 5.11 Å². The highest BCUT2D eigenvalue weighted by Crippen LogP contribution is 2.14. The van der Waals surface area contributed by atoms with Gasteiger partial charge in [-0.2, -0.15) is 0 Å². The molecule has 0 rings (SSSR count). The summed E-state index contributed by atoms with van der Waals surface area (Å²) in [5, 5.41) is 12.3. The Balaban J connectivity index is 3.07. The molecule has 1 atom stereocenters. The summed E-state index contributed by atoms with van der Waals surface area (Å²) in [4.78, 5) is 0. The number of aliphatic hydroxyl groups is 1. The number of quaternary nitrogens is 1. The second-order valence-electron chi connectivity index (χ2n) is 6.96. The van der Waals surface area contributed by atoms with Crippen LogP contribution in [0.15, 0.2) is 0 Å². The summed E-state index contributed by atoms with van der Waals surface area (Å²) in [6, 6.07) is 0. The fourth-order valence-corrected chi connectivity index (χ4v) is 3.06. The molecule has 2 nitrogen and oxygen atoms in total. The fraction of sp³-hybridized carbons (Fsp3) is 1.00. The van der Waals surface area contributed by atoms with Crippen molar-refractivity contribution in [3.63, 3.8) is 0 Å². The number of rotatable bonds is 18. The Kier molecular flexibility index (Phi) is 18.9. The van der Waals surface area contributed by atoms with Crippen molar-refractivity contribution in [3.05, 3.63) is 0 Å². The lowest BCUT2D eigenvalue weighted by Gasteiger charge is -2.10. The molecule has 22 heavy (non-hydrogen) atoms. The zero-order chi connectivity index (χ0) is 16.3. The zero-order valence-electron chi connectivity index (χ0n) is 15.6. The zero-order valence-corrected chi connectivity index (χ0v) is 15.6. The molecule has 0 saturated heterocycles. The van der Waals surface area contributed by atoms with Crippen molar-refractivity contribution in [3.8, 4) is 0 Å². The third kappa shape index (κ3) is 18.0. The van der Waals surface area contributed by atoms with E-state index in [1.54, 1.807) is 0 Å². The van der Waals surface area contributed by atoms with Gasteiger partial charge in [0.15, 0.2) is 0 Å². The maximum Gasteiger partial charge on any atom is 0.0755 e. The quantitative estimate of drug-likeness (QED) is 0.350. The van der Waals surface area contributed by atoms with Crippen LogP contribution in [0.4, 0.5) is 0 Å². The average molecular weight is 315 g/mol. The number of nitrogens with two attached hydrogens (primary N) is 1. The summed E-state index contributed by atoms with van der Waals surface area (Å²) < 4.78 is 0. The standard InChI is InChI=1S/C20H43NO/c1-3-5-6-14-17-20(22)18-15-12-10-8-7-9-11-13-16-19-21-4-2/h20-22H,3-19H2,1-2H3/p+1/t20-/m1/s1. The molecule has 0 aromatic carbocycles. The maximum atomic E-state index is 9.91. The molecular weight excluding hydrogens is 270 g/mol. The van der Waals surface area contributed by atoms with Gasteiger partial charge in [-0.3, -0.25) is 0 Å². The van der Waals surface area contributed by atoms with Crippen LogP contribution in [0.2, 0.25) is 0 Å². The van der Waals surface area contributed by atoms with Crippen LogP contribution in [-0.4, -0.2) is 24.3 Å². The molecule has 134 valence electrons. The Labute approximate surface area is 140 Å². The molecule has 0 spiro atoms. The van der Waals surface area contributed by atoms with E-state index in [0.29, 0.717) is 0 Å². The molecule has 0 heterocycles. The minimum Gasteiger partial charge on any atom is -0.393 e. The summed E-state index contributed by atoms with van der Waals surface area (Å²) >= 11 is 0. The van der Waals surface area contributed by atoms with Crippen LogP contribution in [0.3, 0.4) is 0 Å². The second-order valence-corrected chi connectivity index (χ2v) is 6.96. The van der Waals surface area contributed by atoms with E-state index in [0.717, 1.165) is 12.8 Å². The lowest BCUT2D eigenvalue weighted by molar-refractivity contribution is -0.652. The number of hydrogen-bond acceptors (Lipinski definition) is 1. The van der Waals surface area contributed by atoms with E-state index in [-0.39, 0.29) is 6.10 Å². The van der Waals surface area contributed by atoms with Crippen molar-refractivity contribution in [2.75, 3.05) is 13.1 Å². The second kappa shape index (κ2) is 19.0. The summed E-state index contributed by atoms with van der Waals surface area (Å²) in [6.07, 6.45) is 19.5. The molecule has 0 aliphatic heterocycles. The monoisotopic (exact) mass is 314 g/mol. The number of unbranched alkanes of at least 4 members (excludes halogenated alkanes) is 11. The van der Waals surface area contributed by atoms with Gasteiger partial charge in [0.05, 0.1) is 19.2 Å². The molecule has 0 amide bonds. The third-order valence-corrected chi connectivity index (χ3v) is 4.63. The summed E-state index contributed by atoms with van der Waals surface area (Å²) in [5.41, 5.74) is 0. The third-order valence-electron chi connectivity index (χ3n) is 4.63. The smallest absolute Gasteiger partial charge is 0.0755 e. The van der Waals surface area contributed by atoms with Gasteiger partial charge in [0.1, 0.15) is 0 Å². The molecule has 0 unspecified atom stereocenters. The van der Waals surface area contributed by atoms with Gasteiger partial charge < -0.3 is 10.4 Å². The fourth-order valence-electron chi connectivity index (χ4n) is 3.06. The molecule has 0 aromatic heterocycles. The molecule has 0 saturated carbocycles. The normalized spacial score (nSPS) is 12.7. The molecular formula is C20H44NO+. The Morgan fingerprint density at radius 1 is 0.636 bits per heavy atom. The first-order chi connectivity index (χ1) is 10.8. The van der Waals surface area contributed by atoms with Crippen molar-refractivity contribution in [2.45, 2.75) is 116 Å². The van der Waals surface area contributed by atoms with Crippen LogP contribution in [0.1, 0.15) is 110 Å². The van der Waals surface area contributed by atoms with E-state index >= 15 is 0 Å². The average Bonchev–Trinajstić information content (AvgIpc) is 2.52. The van der Waals surface area contributed by atoms with Gasteiger partial charge in [-0.1, -0.05) is 77.6 Å². The van der Waals surface area contributed by atoms with E-state index in [1.165, 1.54) is 96.6 Å². The summed E-state index contributed by atoms with van der Waals surface area (Å²) in [5.74, 6) is 0. The van der Waals surface area contributed by atoms with Gasteiger partial charge >= 0.3 is 0 Å². The van der Waals surface area contributed by atoms with E-state index in [1.807, 2.05) is 0 Å². The van der Waals surface area contributed by atoms with Crippen molar-refractivity contribution in [1.82, 2.24) is 0 Å². The van der Waals surface area contributed by atoms with E-state index < -0.39 is 0 Å². The lowest BCUT2D eigenvalue weighted by atomic mass is 10.0. The first-order valence-corrected chi connectivity index (χ1v) is 10.3. The van der Waals surface area contributed by atoms with Crippen LogP contribution in [0.5, 0.6) is 0 Å². The van der Waals surface area contributed by atoms with Crippen molar-refractivity contribution < 1.29 is 10.4 Å². The summed E-state index contributed by atoms with van der Waals surface area (Å²) in [6.45, 7) is 7.01. The van der Waals surface area contributed by atoms with Gasteiger partial charge in [0.2, 0.25) is 0 Å². The minimum atomic E-state index is -0.0308. The van der Waals surface area contributed by atoms with E-state index in [2.05, 4.69) is 19.2 Å². The Morgan fingerprint density at radius 2 is 1.09 bits per heavy atom. The summed E-state index contributed by atoms with van der Waals surface area (Å²) in [7, 11) is 0. The van der Waals surface area contributed by atoms with Crippen LogP contribution in [0.25, 0.3) is 0 Å². The van der Waals surface area contributed by atoms with Gasteiger partial charge in [-0.25, -0.2) is 0 Å². The van der Waals surface area contributed by atoms with Gasteiger partial charge in [0.25, 0.3) is 0 Å². The first kappa shape index (κ1) is 21.9. The van der Waals surface area contributed by atoms with Crippen molar-refractivity contribution >= 4 is 0 Å². The largest absolute Gasteiger partial charge is 0.393 e. The van der Waals surface area contributed by atoms with Gasteiger partial charge in [0, 0.05) is 0 Å². The molecule has 0 bridgehead atoms. The van der Waals surface area contributed by atoms with Gasteiger partial charge in [-0.05, 0) is 32.6 Å². The van der Waals surface area contributed by atoms with Gasteiger partial charge in [-0.15, -0.1) is 0 Å². The molecule has 0 aliphatic carbocycles. The minimum absolute atomic E-state index is 0.0308. The molecule has 2 heteroatoms. The molecule has 0 fully saturated rings. The molecule has 3 N–H and O–H groups in total. The van der Waals surface area contributed by atoms with Crippen LogP contribution in [-0.2, 0) is 0 Å². The highest BCUT2D eigenvalue weighted by Gasteiger charge is 2.03. The van der Waals surface area contributed by atoms with Crippen LogP contribution >= 0.6 is 0 Å².